The molecule has 3 nitrogen and oxygen atoms in total. The van der Waals surface area contributed by atoms with Crippen molar-refractivity contribution in [2.45, 2.75) is 32.3 Å². The monoisotopic (exact) mass is 202 g/mol. The van der Waals surface area contributed by atoms with Crippen LogP contribution in [0.15, 0.2) is 6.20 Å². The number of nitrogens with zero attached hydrogens (tertiary/aromatic N) is 1. The molecule has 0 aliphatic carbocycles. The number of nitrogens with one attached hydrogen (secondary N) is 1. The lowest BCUT2D eigenvalue weighted by molar-refractivity contribution is 0.0540. The maximum absolute atomic E-state index is 5.65. The highest BCUT2D eigenvalue weighted by Gasteiger charge is 2.12. The Labute approximate surface area is 83.5 Å². The Bertz CT molecular complexity index is 250. The fraction of sp³-hybridized carbons (Fsp3) is 0.667. The predicted molar refractivity (Wildman–Crippen MR) is 52.8 cm³/mol. The van der Waals surface area contributed by atoms with Gasteiger partial charge >= 0.3 is 0 Å². The number of imidazole rings is 1. The van der Waals surface area contributed by atoms with Gasteiger partial charge in [0.05, 0.1) is 5.88 Å². The largest absolute Gasteiger partial charge is 0.371 e. The van der Waals surface area contributed by atoms with Crippen LogP contribution < -0.4 is 0 Å². The Morgan fingerprint density at radius 1 is 1.62 bits per heavy atom. The number of alkyl halides is 1. The van der Waals surface area contributed by atoms with E-state index in [1.165, 1.54) is 0 Å². The summed E-state index contributed by atoms with van der Waals surface area (Å²) in [4.78, 5) is 7.34. The molecule has 74 valence electrons. The molecule has 1 N–H and O–H groups in total. The topological polar surface area (TPSA) is 37.9 Å². The highest BCUT2D eigenvalue weighted by molar-refractivity contribution is 6.16. The van der Waals surface area contributed by atoms with Gasteiger partial charge in [-0.05, 0) is 13.3 Å². The molecule has 1 aromatic rings. The minimum atomic E-state index is 0.0713. The third-order valence-corrected chi connectivity index (χ3v) is 2.12. The molecule has 0 spiro atoms. The van der Waals surface area contributed by atoms with Gasteiger partial charge in [0.1, 0.15) is 11.9 Å². The summed E-state index contributed by atoms with van der Waals surface area (Å²) in [6.45, 7) is 4.76. The Morgan fingerprint density at radius 3 is 2.85 bits per heavy atom. The van der Waals surface area contributed by atoms with E-state index in [1.807, 2.05) is 6.92 Å². The van der Waals surface area contributed by atoms with E-state index >= 15 is 0 Å². The fourth-order valence-electron chi connectivity index (χ4n) is 1.20. The van der Waals surface area contributed by atoms with Crippen LogP contribution in [-0.2, 0) is 10.6 Å². The maximum atomic E-state index is 5.65. The van der Waals surface area contributed by atoms with Crippen LogP contribution in [0.2, 0.25) is 0 Å². The number of rotatable bonds is 5. The summed E-state index contributed by atoms with van der Waals surface area (Å²) in [7, 11) is 0. The van der Waals surface area contributed by atoms with Gasteiger partial charge in [0.25, 0.3) is 0 Å². The van der Waals surface area contributed by atoms with E-state index in [1.54, 1.807) is 6.20 Å². The van der Waals surface area contributed by atoms with Crippen LogP contribution in [0.25, 0.3) is 0 Å². The zero-order valence-electron chi connectivity index (χ0n) is 8.01. The van der Waals surface area contributed by atoms with Gasteiger partial charge in [0.2, 0.25) is 0 Å². The van der Waals surface area contributed by atoms with E-state index in [4.69, 9.17) is 16.3 Å². The average Bonchev–Trinajstić information content (AvgIpc) is 2.62. The van der Waals surface area contributed by atoms with Gasteiger partial charge in [0.15, 0.2) is 0 Å². The zero-order chi connectivity index (χ0) is 9.68. The van der Waals surface area contributed by atoms with E-state index < -0.39 is 0 Å². The van der Waals surface area contributed by atoms with Gasteiger partial charge in [0, 0.05) is 18.5 Å². The molecule has 1 aromatic heterocycles. The SMILES string of the molecule is CCOC(CC)c1ncc(CCl)[nH]1. The molecule has 0 saturated heterocycles. The molecule has 1 heterocycles. The summed E-state index contributed by atoms with van der Waals surface area (Å²) in [5.74, 6) is 1.34. The molecule has 1 rings (SSSR count). The second kappa shape index (κ2) is 5.25. The van der Waals surface area contributed by atoms with Crippen LogP contribution in [-0.4, -0.2) is 16.6 Å². The number of hydrogen-bond acceptors (Lipinski definition) is 2. The molecule has 1 atom stereocenters. The van der Waals surface area contributed by atoms with Gasteiger partial charge in [-0.15, -0.1) is 11.6 Å². The van der Waals surface area contributed by atoms with Gasteiger partial charge in [-0.25, -0.2) is 4.98 Å². The Hall–Kier alpha value is -0.540. The van der Waals surface area contributed by atoms with Crippen LogP contribution in [0.1, 0.15) is 37.9 Å². The van der Waals surface area contributed by atoms with Crippen molar-refractivity contribution in [3.05, 3.63) is 17.7 Å². The molecule has 0 aliphatic heterocycles. The number of halogens is 1. The van der Waals surface area contributed by atoms with Crippen molar-refractivity contribution >= 4 is 11.6 Å². The first-order valence-corrected chi connectivity index (χ1v) is 5.06. The number of hydrogen-bond donors (Lipinski definition) is 1. The lowest BCUT2D eigenvalue weighted by Crippen LogP contribution is -2.04. The maximum Gasteiger partial charge on any atom is 0.135 e. The van der Waals surface area contributed by atoms with Crippen LogP contribution in [0.4, 0.5) is 0 Å². The molecule has 13 heavy (non-hydrogen) atoms. The first kappa shape index (κ1) is 10.5. The van der Waals surface area contributed by atoms with Crippen molar-refractivity contribution in [2.24, 2.45) is 0 Å². The molecular weight excluding hydrogens is 188 g/mol. The van der Waals surface area contributed by atoms with Crippen LogP contribution in [0.3, 0.4) is 0 Å². The minimum Gasteiger partial charge on any atom is -0.371 e. The first-order chi connectivity index (χ1) is 6.31. The quantitative estimate of drug-likeness (QED) is 0.746. The van der Waals surface area contributed by atoms with Gasteiger partial charge < -0.3 is 9.72 Å². The molecule has 4 heteroatoms. The number of aromatic nitrogens is 2. The predicted octanol–water partition coefficient (Wildman–Crippen LogP) is 2.64. The summed E-state index contributed by atoms with van der Waals surface area (Å²) in [5.41, 5.74) is 0.940. The summed E-state index contributed by atoms with van der Waals surface area (Å²) in [5, 5.41) is 0. The van der Waals surface area contributed by atoms with Gasteiger partial charge in [-0.1, -0.05) is 6.92 Å². The normalized spacial score (nSPS) is 13.2. The Kier molecular flexibility index (Phi) is 4.25. The Morgan fingerprint density at radius 2 is 2.38 bits per heavy atom. The fourth-order valence-corrected chi connectivity index (χ4v) is 1.34. The van der Waals surface area contributed by atoms with E-state index in [-0.39, 0.29) is 6.10 Å². The van der Waals surface area contributed by atoms with Crippen LogP contribution >= 0.6 is 11.6 Å². The number of aromatic amines is 1. The molecule has 0 radical (unpaired) electrons. The second-order valence-corrected chi connectivity index (χ2v) is 3.05. The van der Waals surface area contributed by atoms with Crippen molar-refractivity contribution in [3.8, 4) is 0 Å². The van der Waals surface area contributed by atoms with Crippen LogP contribution in [0, 0.1) is 0 Å². The van der Waals surface area contributed by atoms with E-state index in [2.05, 4.69) is 16.9 Å². The molecule has 0 saturated carbocycles. The first-order valence-electron chi connectivity index (χ1n) is 4.53. The van der Waals surface area contributed by atoms with E-state index in [0.717, 1.165) is 17.9 Å². The van der Waals surface area contributed by atoms with Crippen molar-refractivity contribution < 1.29 is 4.74 Å². The molecule has 0 amide bonds. The van der Waals surface area contributed by atoms with Crippen molar-refractivity contribution in [1.29, 1.82) is 0 Å². The number of H-pyrrole nitrogens is 1. The highest BCUT2D eigenvalue weighted by Crippen LogP contribution is 2.17. The van der Waals surface area contributed by atoms with Crippen molar-refractivity contribution in [1.82, 2.24) is 9.97 Å². The molecular formula is C9H15ClN2O. The van der Waals surface area contributed by atoms with E-state index in [9.17, 15) is 0 Å². The van der Waals surface area contributed by atoms with Crippen molar-refractivity contribution in [3.63, 3.8) is 0 Å². The average molecular weight is 203 g/mol. The lowest BCUT2D eigenvalue weighted by Gasteiger charge is -2.11. The lowest BCUT2D eigenvalue weighted by atomic mass is 10.2. The molecule has 0 aromatic carbocycles. The summed E-state index contributed by atoms with van der Waals surface area (Å²) < 4.78 is 5.50. The Balaban J connectivity index is 2.67. The number of ether oxygens (including phenoxy) is 1. The standard InChI is InChI=1S/C9H15ClN2O/c1-3-8(13-4-2)9-11-6-7(5-10)12-9/h6,8H,3-5H2,1-2H3,(H,11,12). The molecule has 0 fully saturated rings. The summed E-state index contributed by atoms with van der Waals surface area (Å²) in [6, 6.07) is 0. The summed E-state index contributed by atoms with van der Waals surface area (Å²) in [6.07, 6.45) is 2.74. The molecule has 0 aliphatic rings. The highest BCUT2D eigenvalue weighted by atomic mass is 35.5. The third-order valence-electron chi connectivity index (χ3n) is 1.84. The van der Waals surface area contributed by atoms with Gasteiger partial charge in [-0.3, -0.25) is 0 Å². The smallest absolute Gasteiger partial charge is 0.135 e. The third kappa shape index (κ3) is 2.71. The second-order valence-electron chi connectivity index (χ2n) is 2.78. The van der Waals surface area contributed by atoms with Crippen molar-refractivity contribution in [2.75, 3.05) is 6.61 Å². The molecule has 1 unspecified atom stereocenters. The summed E-state index contributed by atoms with van der Waals surface area (Å²) >= 11 is 5.65. The van der Waals surface area contributed by atoms with Gasteiger partial charge in [-0.2, -0.15) is 0 Å². The van der Waals surface area contributed by atoms with E-state index in [0.29, 0.717) is 12.5 Å². The zero-order valence-corrected chi connectivity index (χ0v) is 8.77. The minimum absolute atomic E-state index is 0.0713. The molecule has 0 bridgehead atoms. The van der Waals surface area contributed by atoms with Crippen LogP contribution in [0.5, 0.6) is 0 Å².